The second kappa shape index (κ2) is 7.14. The van der Waals surface area contributed by atoms with Crippen LogP contribution in [0.2, 0.25) is 0 Å². The van der Waals surface area contributed by atoms with E-state index in [0.717, 1.165) is 41.7 Å². The van der Waals surface area contributed by atoms with E-state index in [0.29, 0.717) is 23.7 Å². The maximum Gasteiger partial charge on any atom is 0.162 e. The number of ketones is 1. The molecule has 0 amide bonds. The minimum atomic E-state index is -0.710. The van der Waals surface area contributed by atoms with Crippen molar-refractivity contribution in [3.63, 3.8) is 0 Å². The first-order valence-corrected chi connectivity index (χ1v) is 11.6. The van der Waals surface area contributed by atoms with Crippen molar-refractivity contribution in [3.05, 3.63) is 57.8 Å². The number of carbonyl (C=O) groups is 1. The van der Waals surface area contributed by atoms with E-state index in [1.165, 1.54) is 5.57 Å². The number of nitrogens with zero attached hydrogens (tertiary/aromatic N) is 2. The first-order valence-electron chi connectivity index (χ1n) is 11.0. The lowest BCUT2D eigenvalue weighted by Crippen LogP contribution is -2.46. The summed E-state index contributed by atoms with van der Waals surface area (Å²) in [5.74, 6) is 1.08. The van der Waals surface area contributed by atoms with Crippen molar-refractivity contribution >= 4 is 20.9 Å². The molecule has 1 aromatic carbocycles. The van der Waals surface area contributed by atoms with E-state index in [-0.39, 0.29) is 16.4 Å². The van der Waals surface area contributed by atoms with Gasteiger partial charge in [0.25, 0.3) is 0 Å². The average molecular weight is 434 g/mol. The molecule has 1 aliphatic heterocycles. The van der Waals surface area contributed by atoms with Gasteiger partial charge in [0, 0.05) is 17.6 Å². The van der Waals surface area contributed by atoms with Crippen LogP contribution in [0, 0.1) is 22.7 Å². The lowest BCUT2D eigenvalue weighted by atomic mass is 9.59. The Labute approximate surface area is 187 Å². The molecule has 2 N–H and O–H groups in total. The van der Waals surface area contributed by atoms with Gasteiger partial charge in [0.15, 0.2) is 5.78 Å². The SMILES string of the molecule is C/C(=C1\C(N)=NC2=C(C(=O)CC(C)(C)C2)C1(C)c1cccc(C#N)c1)C1CC(C)(P)C1. The third kappa shape index (κ3) is 3.58. The van der Waals surface area contributed by atoms with Gasteiger partial charge in [-0.3, -0.25) is 4.79 Å². The Hall–Kier alpha value is -2.24. The Morgan fingerprint density at radius 2 is 1.90 bits per heavy atom. The number of nitrogens with two attached hydrogens (primary N) is 1. The molecule has 2 atom stereocenters. The van der Waals surface area contributed by atoms with Crippen molar-refractivity contribution < 1.29 is 4.79 Å². The molecule has 0 aromatic heterocycles. The van der Waals surface area contributed by atoms with Gasteiger partial charge < -0.3 is 5.73 Å². The van der Waals surface area contributed by atoms with Gasteiger partial charge in [-0.15, -0.1) is 9.24 Å². The fourth-order valence-electron chi connectivity index (χ4n) is 5.89. The third-order valence-electron chi connectivity index (χ3n) is 7.37. The molecular weight excluding hydrogens is 401 g/mol. The Morgan fingerprint density at radius 3 is 2.52 bits per heavy atom. The monoisotopic (exact) mass is 433 g/mol. The van der Waals surface area contributed by atoms with Gasteiger partial charge in [-0.1, -0.05) is 38.5 Å². The van der Waals surface area contributed by atoms with Crippen LogP contribution in [0.25, 0.3) is 0 Å². The molecule has 2 unspecified atom stereocenters. The molecule has 1 aromatic rings. The molecule has 31 heavy (non-hydrogen) atoms. The minimum Gasteiger partial charge on any atom is -0.383 e. The summed E-state index contributed by atoms with van der Waals surface area (Å²) < 4.78 is 0. The van der Waals surface area contributed by atoms with E-state index in [4.69, 9.17) is 10.7 Å². The number of benzene rings is 1. The van der Waals surface area contributed by atoms with Gasteiger partial charge in [0.2, 0.25) is 0 Å². The van der Waals surface area contributed by atoms with E-state index in [1.54, 1.807) is 6.07 Å². The third-order valence-corrected chi connectivity index (χ3v) is 7.84. The Bertz CT molecular complexity index is 1110. The van der Waals surface area contributed by atoms with Crippen LogP contribution in [0.1, 0.15) is 71.4 Å². The maximum atomic E-state index is 13.6. The predicted octanol–water partition coefficient (Wildman–Crippen LogP) is 5.19. The summed E-state index contributed by atoms with van der Waals surface area (Å²) in [4.78, 5) is 18.4. The molecule has 0 radical (unpaired) electrons. The van der Waals surface area contributed by atoms with E-state index in [9.17, 15) is 10.1 Å². The number of aliphatic imine (C=N–C) groups is 1. The topological polar surface area (TPSA) is 79.2 Å². The Balaban J connectivity index is 1.98. The zero-order valence-electron chi connectivity index (χ0n) is 19.2. The summed E-state index contributed by atoms with van der Waals surface area (Å²) in [6, 6.07) is 9.87. The van der Waals surface area contributed by atoms with Crippen LogP contribution in [0.15, 0.2) is 51.7 Å². The molecule has 5 heteroatoms. The highest BCUT2D eigenvalue weighted by Crippen LogP contribution is 2.54. The van der Waals surface area contributed by atoms with Crippen molar-refractivity contribution in [2.45, 2.75) is 70.9 Å². The molecule has 1 fully saturated rings. The van der Waals surface area contributed by atoms with E-state index >= 15 is 0 Å². The van der Waals surface area contributed by atoms with Crippen LogP contribution >= 0.6 is 9.24 Å². The largest absolute Gasteiger partial charge is 0.383 e. The zero-order chi connectivity index (χ0) is 22.8. The van der Waals surface area contributed by atoms with Gasteiger partial charge in [-0.05, 0) is 67.3 Å². The van der Waals surface area contributed by atoms with Gasteiger partial charge in [-0.2, -0.15) is 5.26 Å². The molecule has 1 saturated carbocycles. The Kier molecular flexibility index (Phi) is 5.06. The van der Waals surface area contributed by atoms with Crippen LogP contribution in [0.4, 0.5) is 0 Å². The van der Waals surface area contributed by atoms with Crippen molar-refractivity contribution in [1.29, 1.82) is 5.26 Å². The molecular formula is C26H32N3OP. The van der Waals surface area contributed by atoms with Crippen LogP contribution in [-0.2, 0) is 10.2 Å². The molecule has 4 nitrogen and oxygen atoms in total. The van der Waals surface area contributed by atoms with Crippen LogP contribution < -0.4 is 5.73 Å². The summed E-state index contributed by atoms with van der Waals surface area (Å²) >= 11 is 0. The summed E-state index contributed by atoms with van der Waals surface area (Å²) in [5.41, 5.74) is 11.1. The van der Waals surface area contributed by atoms with Gasteiger partial charge in [0.1, 0.15) is 5.84 Å². The number of hydrogen-bond donors (Lipinski definition) is 1. The summed E-state index contributed by atoms with van der Waals surface area (Å²) in [6.45, 7) is 10.7. The standard InChI is InChI=1S/C26H32N3OP/c1-15(17-10-25(4,31)11-17)21-23(28)29-19-12-24(2,3)13-20(30)22(19)26(21,5)18-8-6-7-16(9-18)14-27/h6-9,17H,10-13,31H2,1-5H3,(H2,28,29)/b21-15-. The van der Waals surface area contributed by atoms with Crippen LogP contribution in [0.5, 0.6) is 0 Å². The quantitative estimate of drug-likeness (QED) is 0.652. The number of Topliss-reactive ketones (excluding diaryl/α,β-unsaturated/α-hetero) is 1. The first kappa shape index (κ1) is 22.0. The van der Waals surface area contributed by atoms with Crippen molar-refractivity contribution in [3.8, 4) is 6.07 Å². The zero-order valence-corrected chi connectivity index (χ0v) is 20.3. The van der Waals surface area contributed by atoms with E-state index in [2.05, 4.69) is 49.9 Å². The summed E-state index contributed by atoms with van der Waals surface area (Å²) in [6.07, 6.45) is 3.36. The molecule has 3 aliphatic rings. The number of allylic oxidation sites excluding steroid dienone is 3. The van der Waals surface area contributed by atoms with E-state index in [1.807, 2.05) is 18.2 Å². The molecule has 0 saturated heterocycles. The van der Waals surface area contributed by atoms with Crippen LogP contribution in [-0.4, -0.2) is 16.8 Å². The summed E-state index contributed by atoms with van der Waals surface area (Å²) in [5, 5.41) is 9.78. The van der Waals surface area contributed by atoms with Crippen molar-refractivity contribution in [2.24, 2.45) is 22.1 Å². The van der Waals surface area contributed by atoms with Gasteiger partial charge >= 0.3 is 0 Å². The minimum absolute atomic E-state index is 0.138. The highest BCUT2D eigenvalue weighted by atomic mass is 31.0. The average Bonchev–Trinajstić information content (AvgIpc) is 2.64. The fraction of sp³-hybridized carbons (Fsp3) is 0.500. The van der Waals surface area contributed by atoms with Crippen molar-refractivity contribution in [2.75, 3.05) is 0 Å². The van der Waals surface area contributed by atoms with Crippen LogP contribution in [0.3, 0.4) is 0 Å². The number of carbonyl (C=O) groups excluding carboxylic acids is 1. The normalized spacial score (nSPS) is 33.8. The lowest BCUT2D eigenvalue weighted by molar-refractivity contribution is -0.118. The smallest absolute Gasteiger partial charge is 0.162 e. The Morgan fingerprint density at radius 1 is 1.23 bits per heavy atom. The van der Waals surface area contributed by atoms with Crippen molar-refractivity contribution in [1.82, 2.24) is 0 Å². The molecule has 0 bridgehead atoms. The molecule has 4 rings (SSSR count). The van der Waals surface area contributed by atoms with E-state index < -0.39 is 5.41 Å². The lowest BCUT2D eigenvalue weighted by Gasteiger charge is -2.48. The van der Waals surface area contributed by atoms with Gasteiger partial charge in [0.05, 0.1) is 22.7 Å². The second-order valence-electron chi connectivity index (χ2n) is 10.9. The van der Waals surface area contributed by atoms with Gasteiger partial charge in [-0.25, -0.2) is 4.99 Å². The molecule has 2 aliphatic carbocycles. The fourth-order valence-corrected chi connectivity index (χ4v) is 6.46. The number of nitriles is 1. The maximum absolute atomic E-state index is 13.6. The second-order valence-corrected chi connectivity index (χ2v) is 12.3. The number of rotatable bonds is 2. The highest BCUT2D eigenvalue weighted by Gasteiger charge is 2.50. The number of hydrogen-bond acceptors (Lipinski definition) is 4. The molecule has 1 heterocycles. The predicted molar refractivity (Wildman–Crippen MR) is 129 cm³/mol. The first-order chi connectivity index (χ1) is 14.4. The molecule has 162 valence electrons. The highest BCUT2D eigenvalue weighted by molar-refractivity contribution is 7.19. The number of amidine groups is 1. The summed E-state index contributed by atoms with van der Waals surface area (Å²) in [7, 11) is 2.96. The molecule has 0 spiro atoms.